The predicted octanol–water partition coefficient (Wildman–Crippen LogP) is 7.78. The average Bonchev–Trinajstić information content (AvgIpc) is 2.74. The van der Waals surface area contributed by atoms with Crippen LogP contribution >= 0.6 is 11.6 Å². The summed E-state index contributed by atoms with van der Waals surface area (Å²) in [5.74, 6) is 0.324. The largest absolute Gasteiger partial charge is 0.455 e. The summed E-state index contributed by atoms with van der Waals surface area (Å²) in [6, 6.07) is 15.1. The van der Waals surface area contributed by atoms with Gasteiger partial charge in [0.05, 0.1) is 5.56 Å². The zero-order valence-electron chi connectivity index (χ0n) is 18.7. The van der Waals surface area contributed by atoms with Crippen LogP contribution in [0.25, 0.3) is 0 Å². The molecule has 0 aliphatic rings. The molecule has 0 unspecified atom stereocenters. The fourth-order valence-electron chi connectivity index (χ4n) is 2.93. The molecule has 1 aromatic heterocycles. The molecular formula is C25H24ClF3N2O2. The van der Waals surface area contributed by atoms with Crippen LogP contribution in [0.3, 0.4) is 0 Å². The van der Waals surface area contributed by atoms with Crippen LogP contribution in [0.4, 0.5) is 13.2 Å². The van der Waals surface area contributed by atoms with E-state index in [4.69, 9.17) is 21.2 Å². The molecule has 1 heterocycles. The van der Waals surface area contributed by atoms with Crippen molar-refractivity contribution in [3.63, 3.8) is 0 Å². The summed E-state index contributed by atoms with van der Waals surface area (Å²) in [6.45, 7) is 7.97. The zero-order chi connectivity index (χ0) is 24.2. The number of aromatic nitrogens is 1. The maximum Gasteiger partial charge on any atom is 0.418 e. The van der Waals surface area contributed by atoms with Gasteiger partial charge < -0.3 is 9.57 Å². The van der Waals surface area contributed by atoms with Gasteiger partial charge in [0.15, 0.2) is 5.75 Å². The molecule has 0 radical (unpaired) electrons. The summed E-state index contributed by atoms with van der Waals surface area (Å²) in [5.41, 5.74) is 1.37. The first-order valence-corrected chi connectivity index (χ1v) is 10.6. The highest BCUT2D eigenvalue weighted by Gasteiger charge is 2.32. The summed E-state index contributed by atoms with van der Waals surface area (Å²) in [7, 11) is 0. The van der Waals surface area contributed by atoms with Crippen molar-refractivity contribution in [2.45, 2.75) is 45.9 Å². The molecule has 0 amide bonds. The molecule has 0 saturated heterocycles. The van der Waals surface area contributed by atoms with Crippen LogP contribution in [0.15, 0.2) is 65.9 Å². The van der Waals surface area contributed by atoms with E-state index in [1.54, 1.807) is 43.3 Å². The lowest BCUT2D eigenvalue weighted by Gasteiger charge is -2.19. The standard InChI is InChI=1S/C25H24ClF3N2O2/c1-16(31-32-15-17-5-9-20(26)10-6-17)23-22(13-19(14-30-23)25(27,28)29)33-21-11-7-18(8-12-21)24(2,3)4/h5-14H,15H2,1-4H3/b31-16+. The molecule has 0 atom stereocenters. The second-order valence-corrected chi connectivity index (χ2v) is 8.96. The molecule has 0 aliphatic heterocycles. The van der Waals surface area contributed by atoms with Crippen LogP contribution in [-0.4, -0.2) is 10.7 Å². The summed E-state index contributed by atoms with van der Waals surface area (Å²) in [6.07, 6.45) is -3.81. The van der Waals surface area contributed by atoms with Gasteiger partial charge in [0, 0.05) is 11.2 Å². The van der Waals surface area contributed by atoms with Gasteiger partial charge in [0.25, 0.3) is 0 Å². The van der Waals surface area contributed by atoms with Crippen molar-refractivity contribution < 1.29 is 22.7 Å². The molecular weight excluding hydrogens is 453 g/mol. The molecule has 174 valence electrons. The first-order valence-electron chi connectivity index (χ1n) is 10.2. The number of benzene rings is 2. The summed E-state index contributed by atoms with van der Waals surface area (Å²) < 4.78 is 45.6. The van der Waals surface area contributed by atoms with Crippen molar-refractivity contribution in [2.75, 3.05) is 0 Å². The minimum Gasteiger partial charge on any atom is -0.455 e. The topological polar surface area (TPSA) is 43.7 Å². The van der Waals surface area contributed by atoms with Crippen molar-refractivity contribution in [1.82, 2.24) is 4.98 Å². The van der Waals surface area contributed by atoms with Crippen LogP contribution in [0.2, 0.25) is 5.02 Å². The van der Waals surface area contributed by atoms with E-state index in [1.165, 1.54) is 0 Å². The van der Waals surface area contributed by atoms with Gasteiger partial charge in [-0.15, -0.1) is 0 Å². The lowest BCUT2D eigenvalue weighted by Crippen LogP contribution is -2.11. The third-order valence-electron chi connectivity index (χ3n) is 4.82. The molecule has 0 bridgehead atoms. The Hall–Kier alpha value is -3.06. The van der Waals surface area contributed by atoms with Gasteiger partial charge in [-0.1, -0.05) is 61.8 Å². The molecule has 0 saturated carbocycles. The zero-order valence-corrected chi connectivity index (χ0v) is 19.5. The van der Waals surface area contributed by atoms with Gasteiger partial charge in [-0.05, 0) is 53.8 Å². The monoisotopic (exact) mass is 476 g/mol. The van der Waals surface area contributed by atoms with Gasteiger partial charge in [-0.2, -0.15) is 13.2 Å². The highest BCUT2D eigenvalue weighted by molar-refractivity contribution is 6.30. The first kappa shape index (κ1) is 24.6. The second kappa shape index (κ2) is 9.83. The Morgan fingerprint density at radius 1 is 0.970 bits per heavy atom. The van der Waals surface area contributed by atoms with Crippen molar-refractivity contribution >= 4 is 17.3 Å². The fourth-order valence-corrected chi connectivity index (χ4v) is 3.05. The van der Waals surface area contributed by atoms with E-state index in [2.05, 4.69) is 30.9 Å². The van der Waals surface area contributed by atoms with Gasteiger partial charge in [-0.25, -0.2) is 0 Å². The van der Waals surface area contributed by atoms with E-state index in [1.807, 2.05) is 12.1 Å². The Bertz CT molecular complexity index is 1120. The minimum atomic E-state index is -4.56. The van der Waals surface area contributed by atoms with Gasteiger partial charge in [-0.3, -0.25) is 4.98 Å². The molecule has 0 N–H and O–H groups in total. The Morgan fingerprint density at radius 3 is 2.18 bits per heavy atom. The number of hydrogen-bond acceptors (Lipinski definition) is 4. The minimum absolute atomic E-state index is 0.0634. The number of ether oxygens (including phenoxy) is 1. The van der Waals surface area contributed by atoms with Crippen LogP contribution in [0.1, 0.15) is 50.1 Å². The van der Waals surface area contributed by atoms with Crippen LogP contribution < -0.4 is 4.74 Å². The Kier molecular flexibility index (Phi) is 7.32. The predicted molar refractivity (Wildman–Crippen MR) is 123 cm³/mol. The first-order chi connectivity index (χ1) is 15.4. The van der Waals surface area contributed by atoms with E-state index in [0.717, 1.165) is 23.4 Å². The van der Waals surface area contributed by atoms with Crippen LogP contribution in [0.5, 0.6) is 11.5 Å². The number of oxime groups is 1. The normalized spacial score (nSPS) is 12.5. The highest BCUT2D eigenvalue weighted by Crippen LogP contribution is 2.34. The Balaban J connectivity index is 1.86. The molecule has 0 aliphatic carbocycles. The van der Waals surface area contributed by atoms with Crippen molar-refractivity contribution in [2.24, 2.45) is 5.16 Å². The van der Waals surface area contributed by atoms with E-state index in [0.29, 0.717) is 10.8 Å². The smallest absolute Gasteiger partial charge is 0.418 e. The molecule has 8 heteroatoms. The van der Waals surface area contributed by atoms with Crippen molar-refractivity contribution in [3.05, 3.63) is 88.2 Å². The summed E-state index contributed by atoms with van der Waals surface area (Å²) in [4.78, 5) is 9.32. The van der Waals surface area contributed by atoms with E-state index >= 15 is 0 Å². The van der Waals surface area contributed by atoms with Crippen LogP contribution in [-0.2, 0) is 23.0 Å². The van der Waals surface area contributed by atoms with E-state index in [-0.39, 0.29) is 29.2 Å². The van der Waals surface area contributed by atoms with Gasteiger partial charge in [0.1, 0.15) is 23.8 Å². The molecule has 0 spiro atoms. The maximum atomic E-state index is 13.3. The molecule has 4 nitrogen and oxygen atoms in total. The summed E-state index contributed by atoms with van der Waals surface area (Å²) in [5, 5.41) is 4.61. The highest BCUT2D eigenvalue weighted by atomic mass is 35.5. The fraction of sp³-hybridized carbons (Fsp3) is 0.280. The second-order valence-electron chi connectivity index (χ2n) is 8.52. The Morgan fingerprint density at radius 2 is 1.61 bits per heavy atom. The molecule has 33 heavy (non-hydrogen) atoms. The average molecular weight is 477 g/mol. The Labute approximate surface area is 196 Å². The lowest BCUT2D eigenvalue weighted by atomic mass is 9.87. The molecule has 2 aromatic carbocycles. The van der Waals surface area contributed by atoms with E-state index < -0.39 is 11.7 Å². The van der Waals surface area contributed by atoms with E-state index in [9.17, 15) is 13.2 Å². The number of rotatable bonds is 6. The number of pyridine rings is 1. The van der Waals surface area contributed by atoms with Crippen LogP contribution in [0, 0.1) is 0 Å². The number of alkyl halides is 3. The third kappa shape index (κ3) is 6.71. The maximum absolute atomic E-state index is 13.3. The molecule has 0 fully saturated rings. The third-order valence-corrected chi connectivity index (χ3v) is 5.07. The number of halogens is 4. The quantitative estimate of drug-likeness (QED) is 0.269. The van der Waals surface area contributed by atoms with Gasteiger partial charge >= 0.3 is 6.18 Å². The number of hydrogen-bond donors (Lipinski definition) is 0. The lowest BCUT2D eigenvalue weighted by molar-refractivity contribution is -0.137. The van der Waals surface area contributed by atoms with Crippen molar-refractivity contribution in [1.29, 1.82) is 0 Å². The van der Waals surface area contributed by atoms with Gasteiger partial charge in [0.2, 0.25) is 0 Å². The molecule has 3 aromatic rings. The molecule has 3 rings (SSSR count). The summed E-state index contributed by atoms with van der Waals surface area (Å²) >= 11 is 5.87. The SMILES string of the molecule is C/C(=N\OCc1ccc(Cl)cc1)c1ncc(C(F)(F)F)cc1Oc1ccc(C(C)(C)C)cc1. The van der Waals surface area contributed by atoms with Crippen molar-refractivity contribution in [3.8, 4) is 11.5 Å². The number of nitrogens with zero attached hydrogens (tertiary/aromatic N) is 2.